The third kappa shape index (κ3) is 3.42. The molecule has 0 saturated heterocycles. The largest absolute Gasteiger partial charge is 0.351 e. The van der Waals surface area contributed by atoms with E-state index in [1.54, 1.807) is 4.68 Å². The second-order valence-corrected chi connectivity index (χ2v) is 5.39. The van der Waals surface area contributed by atoms with Gasteiger partial charge in [0.25, 0.3) is 5.91 Å². The highest BCUT2D eigenvalue weighted by Gasteiger charge is 2.17. The molecule has 0 fully saturated rings. The van der Waals surface area contributed by atoms with Gasteiger partial charge in [-0.25, -0.2) is 4.68 Å². The molecule has 0 aliphatic heterocycles. The summed E-state index contributed by atoms with van der Waals surface area (Å²) in [7, 11) is 0. The predicted molar refractivity (Wildman–Crippen MR) is 83.1 cm³/mol. The summed E-state index contributed by atoms with van der Waals surface area (Å²) in [5.41, 5.74) is 2.84. The van der Waals surface area contributed by atoms with E-state index in [0.29, 0.717) is 23.0 Å². The molecule has 1 amide bonds. The van der Waals surface area contributed by atoms with Crippen LogP contribution in [0, 0.1) is 13.8 Å². The molecular weight excluding hydrogens is 288 g/mol. The van der Waals surface area contributed by atoms with Crippen molar-refractivity contribution in [1.82, 2.24) is 20.3 Å². The third-order valence-electron chi connectivity index (χ3n) is 3.33. The van der Waals surface area contributed by atoms with E-state index in [1.165, 1.54) is 0 Å². The maximum Gasteiger partial charge on any atom is 0.273 e. The average Bonchev–Trinajstić information content (AvgIpc) is 2.84. The van der Waals surface area contributed by atoms with Crippen molar-refractivity contribution in [2.24, 2.45) is 0 Å². The highest BCUT2D eigenvalue weighted by molar-refractivity contribution is 6.31. The number of carbonyl (C=O) groups excluding carboxylic acids is 1. The molecule has 0 spiro atoms. The molecule has 0 aliphatic rings. The first-order valence-electron chi connectivity index (χ1n) is 7.01. The molecule has 1 aromatic heterocycles. The molecule has 1 aromatic carbocycles. The Morgan fingerprint density at radius 3 is 2.81 bits per heavy atom. The minimum absolute atomic E-state index is 0.189. The number of hydrogen-bond donors (Lipinski definition) is 1. The van der Waals surface area contributed by atoms with Gasteiger partial charge in [0.05, 0.1) is 11.4 Å². The van der Waals surface area contributed by atoms with Gasteiger partial charge in [-0.15, -0.1) is 5.10 Å². The summed E-state index contributed by atoms with van der Waals surface area (Å²) in [6.07, 6.45) is 1.99. The standard InChI is InChI=1S/C15H19ClN4O/c1-4-5-8-17-15(21)14-11(3)20(19-18-14)12-7-6-10(2)13(16)9-12/h6-7,9H,4-5,8H2,1-3H3,(H,17,21). The fraction of sp³-hybridized carbons (Fsp3) is 0.400. The predicted octanol–water partition coefficient (Wildman–Crippen LogP) is 3.07. The summed E-state index contributed by atoms with van der Waals surface area (Å²) in [5.74, 6) is -0.189. The van der Waals surface area contributed by atoms with E-state index in [2.05, 4.69) is 22.6 Å². The molecule has 112 valence electrons. The van der Waals surface area contributed by atoms with Gasteiger partial charge in [-0.05, 0) is 38.0 Å². The van der Waals surface area contributed by atoms with Crippen molar-refractivity contribution < 1.29 is 4.79 Å². The lowest BCUT2D eigenvalue weighted by Gasteiger charge is -2.06. The van der Waals surface area contributed by atoms with Crippen LogP contribution in [0.5, 0.6) is 0 Å². The van der Waals surface area contributed by atoms with E-state index < -0.39 is 0 Å². The Morgan fingerprint density at radius 1 is 1.38 bits per heavy atom. The molecule has 0 unspecified atom stereocenters. The van der Waals surface area contributed by atoms with Crippen LogP contribution in [-0.4, -0.2) is 27.4 Å². The van der Waals surface area contributed by atoms with Crippen LogP contribution in [0.25, 0.3) is 5.69 Å². The number of amides is 1. The second kappa shape index (κ2) is 6.72. The Kier molecular flexibility index (Phi) is 4.96. The highest BCUT2D eigenvalue weighted by atomic mass is 35.5. The second-order valence-electron chi connectivity index (χ2n) is 4.98. The van der Waals surface area contributed by atoms with Crippen molar-refractivity contribution in [1.29, 1.82) is 0 Å². The number of halogens is 1. The molecule has 0 bridgehead atoms. The van der Waals surface area contributed by atoms with Crippen molar-refractivity contribution >= 4 is 17.5 Å². The van der Waals surface area contributed by atoms with Crippen molar-refractivity contribution in [3.05, 3.63) is 40.2 Å². The first-order chi connectivity index (χ1) is 10.0. The van der Waals surface area contributed by atoms with Crippen molar-refractivity contribution in [3.8, 4) is 5.69 Å². The lowest BCUT2D eigenvalue weighted by Crippen LogP contribution is -2.25. The Labute approximate surface area is 129 Å². The zero-order valence-corrected chi connectivity index (χ0v) is 13.2. The molecule has 1 heterocycles. The molecular formula is C15H19ClN4O. The number of carbonyl (C=O) groups is 1. The average molecular weight is 307 g/mol. The van der Waals surface area contributed by atoms with Crippen LogP contribution in [-0.2, 0) is 0 Å². The summed E-state index contributed by atoms with van der Waals surface area (Å²) in [6.45, 7) is 6.49. The Hall–Kier alpha value is -1.88. The summed E-state index contributed by atoms with van der Waals surface area (Å²) in [5, 5.41) is 11.5. The fourth-order valence-electron chi connectivity index (χ4n) is 1.96. The van der Waals surface area contributed by atoms with Crippen LogP contribution in [0.4, 0.5) is 0 Å². The Morgan fingerprint density at radius 2 is 2.14 bits per heavy atom. The molecule has 0 radical (unpaired) electrons. The Bertz CT molecular complexity index is 651. The van der Waals surface area contributed by atoms with E-state index in [9.17, 15) is 4.79 Å². The number of aromatic nitrogens is 3. The van der Waals surface area contributed by atoms with Crippen molar-refractivity contribution in [2.45, 2.75) is 33.6 Å². The maximum atomic E-state index is 12.1. The van der Waals surface area contributed by atoms with E-state index in [4.69, 9.17) is 11.6 Å². The maximum absolute atomic E-state index is 12.1. The normalized spacial score (nSPS) is 10.7. The highest BCUT2D eigenvalue weighted by Crippen LogP contribution is 2.20. The molecule has 6 heteroatoms. The first-order valence-corrected chi connectivity index (χ1v) is 7.39. The van der Waals surface area contributed by atoms with Gasteiger partial charge in [-0.1, -0.05) is 36.2 Å². The smallest absolute Gasteiger partial charge is 0.273 e. The van der Waals surface area contributed by atoms with Gasteiger partial charge < -0.3 is 5.32 Å². The van der Waals surface area contributed by atoms with E-state index >= 15 is 0 Å². The number of benzene rings is 1. The fourth-order valence-corrected chi connectivity index (χ4v) is 2.13. The van der Waals surface area contributed by atoms with Crippen LogP contribution < -0.4 is 5.32 Å². The summed E-state index contributed by atoms with van der Waals surface area (Å²) < 4.78 is 1.63. The number of unbranched alkanes of at least 4 members (excludes halogenated alkanes) is 1. The zero-order valence-electron chi connectivity index (χ0n) is 12.5. The van der Waals surface area contributed by atoms with Gasteiger partial charge >= 0.3 is 0 Å². The van der Waals surface area contributed by atoms with Crippen LogP contribution in [0.15, 0.2) is 18.2 Å². The van der Waals surface area contributed by atoms with Gasteiger partial charge in [-0.3, -0.25) is 4.79 Å². The monoisotopic (exact) mass is 306 g/mol. The van der Waals surface area contributed by atoms with E-state index in [-0.39, 0.29) is 5.91 Å². The first kappa shape index (κ1) is 15.5. The number of aryl methyl sites for hydroxylation is 1. The zero-order chi connectivity index (χ0) is 15.4. The Balaban J connectivity index is 2.23. The number of hydrogen-bond acceptors (Lipinski definition) is 3. The number of rotatable bonds is 5. The molecule has 0 saturated carbocycles. The van der Waals surface area contributed by atoms with Gasteiger partial charge in [0.1, 0.15) is 0 Å². The van der Waals surface area contributed by atoms with Crippen molar-refractivity contribution in [2.75, 3.05) is 6.54 Å². The van der Waals surface area contributed by atoms with Crippen molar-refractivity contribution in [3.63, 3.8) is 0 Å². The van der Waals surface area contributed by atoms with Crippen LogP contribution in [0.3, 0.4) is 0 Å². The molecule has 2 aromatic rings. The van der Waals surface area contributed by atoms with Crippen LogP contribution in [0.1, 0.15) is 41.5 Å². The van der Waals surface area contributed by atoms with Gasteiger partial charge in [-0.2, -0.15) is 0 Å². The summed E-state index contributed by atoms with van der Waals surface area (Å²) in [6, 6.07) is 5.64. The van der Waals surface area contributed by atoms with Gasteiger partial charge in [0.15, 0.2) is 5.69 Å². The SMILES string of the molecule is CCCCNC(=O)c1nnn(-c2ccc(C)c(Cl)c2)c1C. The minimum atomic E-state index is -0.189. The third-order valence-corrected chi connectivity index (χ3v) is 3.73. The molecule has 2 rings (SSSR count). The molecule has 21 heavy (non-hydrogen) atoms. The quantitative estimate of drug-likeness (QED) is 0.864. The number of nitrogens with one attached hydrogen (secondary N) is 1. The molecule has 0 aliphatic carbocycles. The van der Waals surface area contributed by atoms with E-state index in [1.807, 2.05) is 32.0 Å². The van der Waals surface area contributed by atoms with Gasteiger partial charge in [0.2, 0.25) is 0 Å². The lowest BCUT2D eigenvalue weighted by atomic mass is 10.2. The summed E-state index contributed by atoms with van der Waals surface area (Å²) in [4.78, 5) is 12.1. The van der Waals surface area contributed by atoms with E-state index in [0.717, 1.165) is 24.1 Å². The molecule has 1 N–H and O–H groups in total. The lowest BCUT2D eigenvalue weighted by molar-refractivity contribution is 0.0947. The minimum Gasteiger partial charge on any atom is -0.351 e. The summed E-state index contributed by atoms with van der Waals surface area (Å²) >= 11 is 6.13. The topological polar surface area (TPSA) is 59.8 Å². The van der Waals surface area contributed by atoms with Crippen LogP contribution in [0.2, 0.25) is 5.02 Å². The molecule has 0 atom stereocenters. The number of nitrogens with zero attached hydrogens (tertiary/aromatic N) is 3. The van der Waals surface area contributed by atoms with Gasteiger partial charge in [0, 0.05) is 11.6 Å². The van der Waals surface area contributed by atoms with Crippen LogP contribution >= 0.6 is 11.6 Å². The molecule has 5 nitrogen and oxygen atoms in total.